The lowest BCUT2D eigenvalue weighted by Crippen LogP contribution is -2.40. The largest absolute Gasteiger partial charge is 0.510 e. The number of aromatic nitrogens is 6. The average Bonchev–Trinajstić information content (AvgIpc) is 3.58. The van der Waals surface area contributed by atoms with Crippen LogP contribution in [-0.4, -0.2) is 41.2 Å². The van der Waals surface area contributed by atoms with E-state index in [0.717, 1.165) is 11.5 Å². The minimum absolute atomic E-state index is 0.104. The zero-order valence-corrected chi connectivity index (χ0v) is 24.5. The molecule has 4 rings (SSSR count). The van der Waals surface area contributed by atoms with Crippen LogP contribution in [0, 0.1) is 0 Å². The molecule has 1 aromatic carbocycles. The highest BCUT2D eigenvalue weighted by Crippen LogP contribution is 2.30. The van der Waals surface area contributed by atoms with E-state index in [2.05, 4.69) is 5.10 Å². The molecule has 11 nitrogen and oxygen atoms in total. The van der Waals surface area contributed by atoms with E-state index in [-0.39, 0.29) is 55.2 Å². The Labute approximate surface area is 241 Å². The zero-order chi connectivity index (χ0) is 30.6. The first-order chi connectivity index (χ1) is 20.0. The molecule has 42 heavy (non-hydrogen) atoms. The maximum absolute atomic E-state index is 13.9. The number of benzene rings is 1. The minimum atomic E-state index is -2.98. The average molecular weight is 587 g/mol. The lowest BCUT2D eigenvalue weighted by Gasteiger charge is -2.20. The summed E-state index contributed by atoms with van der Waals surface area (Å²) in [6.07, 6.45) is 2.74. The predicted octanol–water partition coefficient (Wildman–Crippen LogP) is 5.28. The van der Waals surface area contributed by atoms with E-state index in [4.69, 9.17) is 14.5 Å². The Kier molecular flexibility index (Phi) is 9.27. The molecule has 0 aliphatic carbocycles. The standard InChI is InChI=1S/C29H36F2N6O5/c1-6-13-36-26(38)23-25(35(9-4)27(36)39)33-24(37(23)22(8-3)42-28(40)41-14-7-2)20-16-32-34(18-20)17-19-11-10-12-21(15-19)29(5,30)31/h10-12,15-16,18,22H,6-9,13-14,17H2,1-5H3. The van der Waals surface area contributed by atoms with Crippen LogP contribution in [0.5, 0.6) is 0 Å². The predicted molar refractivity (Wildman–Crippen MR) is 153 cm³/mol. The molecule has 0 N–H and O–H groups in total. The molecule has 0 bridgehead atoms. The molecule has 1 unspecified atom stereocenters. The Hall–Kier alpha value is -4.29. The highest BCUT2D eigenvalue weighted by molar-refractivity contribution is 5.77. The van der Waals surface area contributed by atoms with Gasteiger partial charge in [-0.3, -0.25) is 23.2 Å². The number of nitrogens with zero attached hydrogens (tertiary/aromatic N) is 6. The Bertz CT molecular complexity index is 1680. The van der Waals surface area contributed by atoms with Crippen molar-refractivity contribution in [2.75, 3.05) is 6.61 Å². The molecule has 0 aliphatic rings. The van der Waals surface area contributed by atoms with Crippen molar-refractivity contribution in [2.24, 2.45) is 0 Å². The maximum Gasteiger partial charge on any atom is 0.510 e. The van der Waals surface area contributed by atoms with Gasteiger partial charge in [-0.15, -0.1) is 0 Å². The van der Waals surface area contributed by atoms with E-state index in [9.17, 15) is 23.2 Å². The molecule has 226 valence electrons. The Morgan fingerprint density at radius 2 is 1.86 bits per heavy atom. The third-order valence-corrected chi connectivity index (χ3v) is 6.78. The van der Waals surface area contributed by atoms with Gasteiger partial charge in [0.25, 0.3) is 11.5 Å². The van der Waals surface area contributed by atoms with Crippen molar-refractivity contribution < 1.29 is 23.0 Å². The number of carbonyl (C=O) groups excluding carboxylic acids is 1. The highest BCUT2D eigenvalue weighted by atomic mass is 19.3. The van der Waals surface area contributed by atoms with Crippen LogP contribution in [0.15, 0.2) is 46.2 Å². The van der Waals surface area contributed by atoms with Gasteiger partial charge in [-0.2, -0.15) is 5.10 Å². The highest BCUT2D eigenvalue weighted by Gasteiger charge is 2.29. The van der Waals surface area contributed by atoms with Crippen molar-refractivity contribution in [2.45, 2.75) is 85.7 Å². The molecule has 0 amide bonds. The summed E-state index contributed by atoms with van der Waals surface area (Å²) in [5, 5.41) is 4.40. The molecule has 3 heterocycles. The number of aryl methyl sites for hydroxylation is 1. The van der Waals surface area contributed by atoms with Crippen molar-refractivity contribution in [3.8, 4) is 11.4 Å². The van der Waals surface area contributed by atoms with E-state index in [1.807, 2.05) is 13.8 Å². The molecule has 3 aromatic heterocycles. The lowest BCUT2D eigenvalue weighted by molar-refractivity contribution is -0.00344. The number of alkyl halides is 2. The van der Waals surface area contributed by atoms with Gasteiger partial charge in [0.15, 0.2) is 17.4 Å². The van der Waals surface area contributed by atoms with Gasteiger partial charge in [0.2, 0.25) is 0 Å². The molecule has 4 aromatic rings. The van der Waals surface area contributed by atoms with Crippen LogP contribution < -0.4 is 11.2 Å². The monoisotopic (exact) mass is 586 g/mol. The van der Waals surface area contributed by atoms with E-state index in [1.165, 1.54) is 27.5 Å². The molecule has 0 saturated carbocycles. The lowest BCUT2D eigenvalue weighted by atomic mass is 10.1. The van der Waals surface area contributed by atoms with Crippen LogP contribution in [0.25, 0.3) is 22.6 Å². The Morgan fingerprint density at radius 1 is 1.10 bits per heavy atom. The number of rotatable bonds is 12. The summed E-state index contributed by atoms with van der Waals surface area (Å²) >= 11 is 0. The molecule has 0 saturated heterocycles. The van der Waals surface area contributed by atoms with Gasteiger partial charge in [0.1, 0.15) is 5.82 Å². The molecular weight excluding hydrogens is 550 g/mol. The van der Waals surface area contributed by atoms with Gasteiger partial charge >= 0.3 is 11.8 Å². The Morgan fingerprint density at radius 3 is 2.50 bits per heavy atom. The minimum Gasteiger partial charge on any atom is -0.434 e. The smallest absolute Gasteiger partial charge is 0.434 e. The fourth-order valence-electron chi connectivity index (χ4n) is 4.79. The van der Waals surface area contributed by atoms with Gasteiger partial charge in [-0.1, -0.05) is 39.0 Å². The number of hydrogen-bond donors (Lipinski definition) is 0. The van der Waals surface area contributed by atoms with Crippen molar-refractivity contribution in [1.82, 2.24) is 28.5 Å². The van der Waals surface area contributed by atoms with E-state index in [1.54, 1.807) is 36.9 Å². The number of hydrogen-bond acceptors (Lipinski definition) is 7. The van der Waals surface area contributed by atoms with Gasteiger partial charge in [-0.25, -0.2) is 23.4 Å². The molecular formula is C29H36F2N6O5. The molecule has 0 radical (unpaired) electrons. The SMILES string of the molecule is CCCOC(=O)OC(CC)n1c(-c2cnn(Cc3cccc(C(C)(F)F)c3)c2)nc2c1c(=O)n(CCC)c(=O)n2CC. The second-order valence-electron chi connectivity index (χ2n) is 10.1. The van der Waals surface area contributed by atoms with Crippen molar-refractivity contribution in [3.05, 3.63) is 68.6 Å². The first-order valence-electron chi connectivity index (χ1n) is 14.1. The van der Waals surface area contributed by atoms with Crippen molar-refractivity contribution >= 4 is 17.3 Å². The summed E-state index contributed by atoms with van der Waals surface area (Å²) in [7, 11) is 0. The molecule has 0 aliphatic heterocycles. The number of ether oxygens (including phenoxy) is 2. The fourth-order valence-corrected chi connectivity index (χ4v) is 4.79. The second kappa shape index (κ2) is 12.7. The van der Waals surface area contributed by atoms with Crippen LogP contribution >= 0.6 is 0 Å². The van der Waals surface area contributed by atoms with Crippen LogP contribution in [0.2, 0.25) is 0 Å². The summed E-state index contributed by atoms with van der Waals surface area (Å²) < 4.78 is 44.2. The summed E-state index contributed by atoms with van der Waals surface area (Å²) in [5.41, 5.74) is 0.233. The number of imidazole rings is 1. The fraction of sp³-hybridized carbons (Fsp3) is 0.483. The summed E-state index contributed by atoms with van der Waals surface area (Å²) in [6.45, 7) is 8.96. The summed E-state index contributed by atoms with van der Waals surface area (Å²) in [5.74, 6) is -2.73. The van der Waals surface area contributed by atoms with Gasteiger partial charge in [0.05, 0.1) is 24.9 Å². The summed E-state index contributed by atoms with van der Waals surface area (Å²) in [4.78, 5) is 44.2. The van der Waals surface area contributed by atoms with E-state index >= 15 is 0 Å². The van der Waals surface area contributed by atoms with Gasteiger partial charge < -0.3 is 9.47 Å². The number of carbonyl (C=O) groups is 1. The van der Waals surface area contributed by atoms with Crippen molar-refractivity contribution in [3.63, 3.8) is 0 Å². The quantitative estimate of drug-likeness (QED) is 0.207. The van der Waals surface area contributed by atoms with Crippen LogP contribution in [0.1, 0.15) is 71.2 Å². The third-order valence-electron chi connectivity index (χ3n) is 6.78. The van der Waals surface area contributed by atoms with Gasteiger partial charge in [-0.05, 0) is 31.4 Å². The van der Waals surface area contributed by atoms with E-state index in [0.29, 0.717) is 24.0 Å². The first kappa shape index (κ1) is 30.7. The maximum atomic E-state index is 13.9. The van der Waals surface area contributed by atoms with Crippen LogP contribution in [0.3, 0.4) is 0 Å². The second-order valence-corrected chi connectivity index (χ2v) is 10.1. The van der Waals surface area contributed by atoms with Crippen LogP contribution in [-0.2, 0) is 35.0 Å². The Balaban J connectivity index is 1.88. The molecule has 0 spiro atoms. The van der Waals surface area contributed by atoms with Crippen LogP contribution in [0.4, 0.5) is 13.6 Å². The topological polar surface area (TPSA) is 115 Å². The molecule has 0 fully saturated rings. The third kappa shape index (κ3) is 6.14. The first-order valence-corrected chi connectivity index (χ1v) is 14.1. The van der Waals surface area contributed by atoms with Gasteiger partial charge in [0, 0.05) is 38.2 Å². The number of halogens is 2. The van der Waals surface area contributed by atoms with Crippen molar-refractivity contribution in [1.29, 1.82) is 0 Å². The number of fused-ring (bicyclic) bond motifs is 1. The summed E-state index contributed by atoms with van der Waals surface area (Å²) in [6, 6.07) is 6.09. The van der Waals surface area contributed by atoms with E-state index < -0.39 is 29.6 Å². The molecule has 1 atom stereocenters. The molecule has 13 heteroatoms. The normalized spacial score (nSPS) is 12.5. The zero-order valence-electron chi connectivity index (χ0n) is 24.5.